The summed E-state index contributed by atoms with van der Waals surface area (Å²) in [5.74, 6) is -0.190. The molecular formula is C16H18BrFN2. The van der Waals surface area contributed by atoms with E-state index in [4.69, 9.17) is 0 Å². The van der Waals surface area contributed by atoms with Crippen molar-refractivity contribution in [2.75, 3.05) is 6.54 Å². The first-order valence-electron chi connectivity index (χ1n) is 6.78. The minimum absolute atomic E-state index is 0.0448. The summed E-state index contributed by atoms with van der Waals surface area (Å²) >= 11 is 3.25. The molecule has 1 aromatic heterocycles. The number of pyridine rings is 1. The fourth-order valence-corrected chi connectivity index (χ4v) is 2.54. The molecule has 1 heterocycles. The first kappa shape index (κ1) is 15.1. The van der Waals surface area contributed by atoms with Crippen LogP contribution < -0.4 is 5.32 Å². The van der Waals surface area contributed by atoms with Crippen molar-refractivity contribution in [2.45, 2.75) is 25.8 Å². The maximum absolute atomic E-state index is 14.3. The van der Waals surface area contributed by atoms with Crippen molar-refractivity contribution in [3.05, 3.63) is 64.1 Å². The Labute approximate surface area is 127 Å². The quantitative estimate of drug-likeness (QED) is 0.852. The molecule has 0 saturated carbocycles. The van der Waals surface area contributed by atoms with Gasteiger partial charge < -0.3 is 5.32 Å². The molecule has 0 aliphatic carbocycles. The van der Waals surface area contributed by atoms with Crippen LogP contribution in [0.3, 0.4) is 0 Å². The summed E-state index contributed by atoms with van der Waals surface area (Å²) < 4.78 is 14.8. The Hall–Kier alpha value is -1.26. The molecule has 0 aliphatic rings. The third kappa shape index (κ3) is 3.87. The van der Waals surface area contributed by atoms with Gasteiger partial charge in [0.05, 0.1) is 4.47 Å². The Morgan fingerprint density at radius 3 is 2.85 bits per heavy atom. The van der Waals surface area contributed by atoms with Crippen LogP contribution in [0.25, 0.3) is 0 Å². The number of nitrogens with zero attached hydrogens (tertiary/aromatic N) is 1. The van der Waals surface area contributed by atoms with E-state index in [2.05, 4.69) is 33.2 Å². The van der Waals surface area contributed by atoms with Crippen LogP contribution >= 0.6 is 15.9 Å². The van der Waals surface area contributed by atoms with Gasteiger partial charge in [0.25, 0.3) is 0 Å². The summed E-state index contributed by atoms with van der Waals surface area (Å²) in [6, 6.07) is 9.31. The van der Waals surface area contributed by atoms with Crippen LogP contribution in [-0.4, -0.2) is 11.5 Å². The molecule has 2 rings (SSSR count). The smallest absolute Gasteiger partial charge is 0.142 e. The van der Waals surface area contributed by atoms with E-state index in [1.165, 1.54) is 0 Å². The van der Waals surface area contributed by atoms with Gasteiger partial charge in [0.1, 0.15) is 5.82 Å². The van der Waals surface area contributed by atoms with E-state index >= 15 is 0 Å². The SMILES string of the molecule is CCCNC(Cc1cccnc1)c1cccc(Br)c1F. The maximum atomic E-state index is 14.3. The molecular weight excluding hydrogens is 319 g/mol. The lowest BCUT2D eigenvalue weighted by Crippen LogP contribution is -2.25. The Bertz CT molecular complexity index is 545. The lowest BCUT2D eigenvalue weighted by Gasteiger charge is -2.20. The third-order valence-corrected chi connectivity index (χ3v) is 3.77. The third-order valence-electron chi connectivity index (χ3n) is 3.16. The minimum Gasteiger partial charge on any atom is -0.310 e. The van der Waals surface area contributed by atoms with E-state index in [0.29, 0.717) is 10.0 Å². The van der Waals surface area contributed by atoms with Crippen LogP contribution in [-0.2, 0) is 6.42 Å². The second-order valence-electron chi connectivity index (χ2n) is 4.72. The van der Waals surface area contributed by atoms with Crippen molar-refractivity contribution in [2.24, 2.45) is 0 Å². The highest BCUT2D eigenvalue weighted by molar-refractivity contribution is 9.10. The summed E-state index contributed by atoms with van der Waals surface area (Å²) in [5.41, 5.74) is 1.79. The largest absolute Gasteiger partial charge is 0.310 e. The fraction of sp³-hybridized carbons (Fsp3) is 0.312. The maximum Gasteiger partial charge on any atom is 0.142 e. The normalized spacial score (nSPS) is 12.3. The van der Waals surface area contributed by atoms with E-state index in [9.17, 15) is 4.39 Å². The Kier molecular flexibility index (Phi) is 5.68. The minimum atomic E-state index is -0.190. The second kappa shape index (κ2) is 7.50. The van der Waals surface area contributed by atoms with Crippen LogP contribution in [0.5, 0.6) is 0 Å². The van der Waals surface area contributed by atoms with Crippen LogP contribution in [0.1, 0.15) is 30.5 Å². The van der Waals surface area contributed by atoms with Crippen LogP contribution in [0, 0.1) is 5.82 Å². The van der Waals surface area contributed by atoms with Crippen molar-refractivity contribution >= 4 is 15.9 Å². The molecule has 1 unspecified atom stereocenters. The molecule has 1 aromatic carbocycles. The molecule has 0 saturated heterocycles. The van der Waals surface area contributed by atoms with Gasteiger partial charge in [-0.1, -0.05) is 25.1 Å². The molecule has 0 radical (unpaired) electrons. The molecule has 0 amide bonds. The summed E-state index contributed by atoms with van der Waals surface area (Å²) in [6.07, 6.45) is 5.31. The van der Waals surface area contributed by atoms with Gasteiger partial charge in [0, 0.05) is 24.0 Å². The summed E-state index contributed by atoms with van der Waals surface area (Å²) in [5, 5.41) is 3.41. The highest BCUT2D eigenvalue weighted by Gasteiger charge is 2.17. The molecule has 0 spiro atoms. The second-order valence-corrected chi connectivity index (χ2v) is 5.57. The van der Waals surface area contributed by atoms with Crippen molar-refractivity contribution in [3.8, 4) is 0 Å². The average molecular weight is 337 g/mol. The van der Waals surface area contributed by atoms with Crippen LogP contribution in [0.4, 0.5) is 4.39 Å². The number of nitrogens with one attached hydrogen (secondary N) is 1. The zero-order valence-electron chi connectivity index (χ0n) is 11.4. The number of rotatable bonds is 6. The Balaban J connectivity index is 2.25. The Morgan fingerprint density at radius 2 is 2.15 bits per heavy atom. The predicted molar refractivity (Wildman–Crippen MR) is 83.1 cm³/mol. The van der Waals surface area contributed by atoms with Gasteiger partial charge >= 0.3 is 0 Å². The molecule has 4 heteroatoms. The van der Waals surface area contributed by atoms with Crippen molar-refractivity contribution in [1.82, 2.24) is 10.3 Å². The molecule has 2 aromatic rings. The molecule has 20 heavy (non-hydrogen) atoms. The van der Waals surface area contributed by atoms with Gasteiger partial charge in [-0.15, -0.1) is 0 Å². The van der Waals surface area contributed by atoms with Crippen LogP contribution in [0.15, 0.2) is 47.2 Å². The first-order chi connectivity index (χ1) is 9.72. The number of aromatic nitrogens is 1. The Morgan fingerprint density at radius 1 is 1.30 bits per heavy atom. The average Bonchev–Trinajstić information content (AvgIpc) is 2.48. The lowest BCUT2D eigenvalue weighted by molar-refractivity contribution is 0.495. The number of halogens is 2. The first-order valence-corrected chi connectivity index (χ1v) is 7.58. The van der Waals surface area contributed by atoms with Gasteiger partial charge in [-0.2, -0.15) is 0 Å². The standard InChI is InChI=1S/C16H18BrFN2/c1-2-8-20-15(10-12-5-4-9-19-11-12)13-6-3-7-14(17)16(13)18/h3-7,9,11,15,20H,2,8,10H2,1H3. The molecule has 0 aliphatic heterocycles. The monoisotopic (exact) mass is 336 g/mol. The zero-order chi connectivity index (χ0) is 14.4. The summed E-state index contributed by atoms with van der Waals surface area (Å²) in [4.78, 5) is 4.12. The molecule has 1 N–H and O–H groups in total. The number of benzene rings is 1. The van der Waals surface area contributed by atoms with E-state index in [1.54, 1.807) is 12.3 Å². The highest BCUT2D eigenvalue weighted by Crippen LogP contribution is 2.26. The number of hydrogen-bond acceptors (Lipinski definition) is 2. The predicted octanol–water partition coefficient (Wildman–Crippen LogP) is 4.27. The molecule has 0 fully saturated rings. The molecule has 2 nitrogen and oxygen atoms in total. The van der Waals surface area contributed by atoms with Crippen molar-refractivity contribution in [1.29, 1.82) is 0 Å². The zero-order valence-corrected chi connectivity index (χ0v) is 13.0. The van der Waals surface area contributed by atoms with Crippen molar-refractivity contribution in [3.63, 3.8) is 0 Å². The van der Waals surface area contributed by atoms with Gasteiger partial charge in [-0.25, -0.2) is 4.39 Å². The van der Waals surface area contributed by atoms with E-state index in [0.717, 1.165) is 24.9 Å². The summed E-state index contributed by atoms with van der Waals surface area (Å²) in [6.45, 7) is 2.96. The van der Waals surface area contributed by atoms with Gasteiger partial charge in [0.2, 0.25) is 0 Å². The molecule has 106 valence electrons. The number of hydrogen-bond donors (Lipinski definition) is 1. The highest BCUT2D eigenvalue weighted by atomic mass is 79.9. The van der Waals surface area contributed by atoms with E-state index in [-0.39, 0.29) is 11.9 Å². The summed E-state index contributed by atoms with van der Waals surface area (Å²) in [7, 11) is 0. The van der Waals surface area contributed by atoms with Gasteiger partial charge in [-0.3, -0.25) is 4.98 Å². The molecule has 0 bridgehead atoms. The molecule has 1 atom stereocenters. The lowest BCUT2D eigenvalue weighted by atomic mass is 9.99. The van der Waals surface area contributed by atoms with Gasteiger partial charge in [0.15, 0.2) is 0 Å². The van der Waals surface area contributed by atoms with Gasteiger partial charge in [-0.05, 0) is 53.0 Å². The van der Waals surface area contributed by atoms with E-state index in [1.807, 2.05) is 30.5 Å². The topological polar surface area (TPSA) is 24.9 Å². The van der Waals surface area contributed by atoms with Crippen molar-refractivity contribution < 1.29 is 4.39 Å². The van der Waals surface area contributed by atoms with E-state index < -0.39 is 0 Å². The fourth-order valence-electron chi connectivity index (χ4n) is 2.15. The van der Waals surface area contributed by atoms with Crippen LogP contribution in [0.2, 0.25) is 0 Å².